The average Bonchev–Trinajstić information content (AvgIpc) is 3.04. The summed E-state index contributed by atoms with van der Waals surface area (Å²) in [6.45, 7) is 0. The Labute approximate surface area is 140 Å². The van der Waals surface area contributed by atoms with Crippen LogP contribution in [-0.2, 0) is 0 Å². The summed E-state index contributed by atoms with van der Waals surface area (Å²) in [7, 11) is 1.62. The molecule has 1 aliphatic rings. The Bertz CT molecular complexity index is 687. The van der Waals surface area contributed by atoms with Crippen molar-refractivity contribution in [2.45, 2.75) is 31.8 Å². The lowest BCUT2D eigenvalue weighted by atomic mass is 10.2. The van der Waals surface area contributed by atoms with Crippen molar-refractivity contribution in [3.8, 4) is 11.5 Å². The second-order valence-corrected chi connectivity index (χ2v) is 6.05. The zero-order valence-corrected chi connectivity index (χ0v) is 13.7. The van der Waals surface area contributed by atoms with Gasteiger partial charge in [0.25, 0.3) is 0 Å². The molecule has 1 N–H and O–H groups in total. The predicted molar refractivity (Wildman–Crippen MR) is 90.6 cm³/mol. The largest absolute Gasteiger partial charge is 0.493 e. The van der Waals surface area contributed by atoms with E-state index >= 15 is 0 Å². The zero-order valence-electron chi connectivity index (χ0n) is 12.9. The molecule has 0 unspecified atom stereocenters. The molecular formula is C18H19ClFNO2. The van der Waals surface area contributed by atoms with Crippen molar-refractivity contribution in [3.63, 3.8) is 0 Å². The molecule has 122 valence electrons. The predicted octanol–water partition coefficient (Wildman–Crippen LogP) is 5.55. The first-order valence-electron chi connectivity index (χ1n) is 7.72. The Morgan fingerprint density at radius 1 is 1.04 bits per heavy atom. The van der Waals surface area contributed by atoms with Gasteiger partial charge in [0, 0.05) is 17.4 Å². The molecule has 2 aromatic carbocycles. The maximum absolute atomic E-state index is 13.5. The zero-order chi connectivity index (χ0) is 16.2. The fourth-order valence-electron chi connectivity index (χ4n) is 2.77. The van der Waals surface area contributed by atoms with Crippen molar-refractivity contribution < 1.29 is 13.9 Å². The van der Waals surface area contributed by atoms with E-state index in [0.717, 1.165) is 18.5 Å². The molecule has 1 aliphatic carbocycles. The van der Waals surface area contributed by atoms with E-state index in [1.807, 2.05) is 18.2 Å². The number of hydrogen-bond donors (Lipinski definition) is 1. The lowest BCUT2D eigenvalue weighted by Crippen LogP contribution is -2.11. The Morgan fingerprint density at radius 3 is 2.43 bits per heavy atom. The summed E-state index contributed by atoms with van der Waals surface area (Å²) in [4.78, 5) is 0. The average molecular weight is 336 g/mol. The minimum Gasteiger partial charge on any atom is -0.493 e. The molecule has 1 fully saturated rings. The van der Waals surface area contributed by atoms with Crippen LogP contribution in [0.15, 0.2) is 36.4 Å². The smallest absolute Gasteiger partial charge is 0.163 e. The third kappa shape index (κ3) is 3.88. The van der Waals surface area contributed by atoms with Gasteiger partial charge >= 0.3 is 0 Å². The Hall–Kier alpha value is -1.94. The summed E-state index contributed by atoms with van der Waals surface area (Å²) >= 11 is 5.70. The number of ether oxygens (including phenoxy) is 2. The number of rotatable bonds is 5. The first-order valence-corrected chi connectivity index (χ1v) is 8.10. The SMILES string of the molecule is COc1ccc(Nc2ccc(Cl)c(F)c2)cc1OC1CCCC1. The number of benzene rings is 2. The van der Waals surface area contributed by atoms with Gasteiger partial charge in [-0.1, -0.05) is 11.6 Å². The van der Waals surface area contributed by atoms with Gasteiger partial charge in [0.1, 0.15) is 5.82 Å². The molecule has 23 heavy (non-hydrogen) atoms. The second-order valence-electron chi connectivity index (χ2n) is 5.64. The molecule has 0 heterocycles. The van der Waals surface area contributed by atoms with Crippen molar-refractivity contribution in [1.29, 1.82) is 0 Å². The van der Waals surface area contributed by atoms with Crippen LogP contribution in [-0.4, -0.2) is 13.2 Å². The van der Waals surface area contributed by atoms with Gasteiger partial charge in [-0.3, -0.25) is 0 Å². The van der Waals surface area contributed by atoms with Gasteiger partial charge in [-0.2, -0.15) is 0 Å². The molecule has 0 radical (unpaired) electrons. The summed E-state index contributed by atoms with van der Waals surface area (Å²) in [5, 5.41) is 3.26. The lowest BCUT2D eigenvalue weighted by molar-refractivity contribution is 0.201. The summed E-state index contributed by atoms with van der Waals surface area (Å²) in [5.41, 5.74) is 1.43. The Morgan fingerprint density at radius 2 is 1.74 bits per heavy atom. The Balaban J connectivity index is 1.80. The van der Waals surface area contributed by atoms with E-state index in [0.29, 0.717) is 17.2 Å². The van der Waals surface area contributed by atoms with Gasteiger partial charge in [-0.25, -0.2) is 4.39 Å². The number of nitrogens with one attached hydrogen (secondary N) is 1. The highest BCUT2D eigenvalue weighted by Gasteiger charge is 2.18. The van der Waals surface area contributed by atoms with Gasteiger partial charge in [-0.05, 0) is 56.0 Å². The third-order valence-electron chi connectivity index (χ3n) is 3.97. The molecule has 0 bridgehead atoms. The minimum atomic E-state index is -0.451. The van der Waals surface area contributed by atoms with E-state index in [2.05, 4.69) is 5.32 Å². The van der Waals surface area contributed by atoms with Crippen molar-refractivity contribution in [3.05, 3.63) is 47.2 Å². The maximum atomic E-state index is 13.5. The number of halogens is 2. The first kappa shape index (κ1) is 15.9. The number of methoxy groups -OCH3 is 1. The highest BCUT2D eigenvalue weighted by atomic mass is 35.5. The van der Waals surface area contributed by atoms with Gasteiger partial charge in [0.2, 0.25) is 0 Å². The third-order valence-corrected chi connectivity index (χ3v) is 4.27. The van der Waals surface area contributed by atoms with Crippen LogP contribution in [0.1, 0.15) is 25.7 Å². The fourth-order valence-corrected chi connectivity index (χ4v) is 2.89. The number of hydrogen-bond acceptors (Lipinski definition) is 3. The highest BCUT2D eigenvalue weighted by molar-refractivity contribution is 6.30. The fraction of sp³-hybridized carbons (Fsp3) is 0.333. The molecule has 0 aliphatic heterocycles. The molecule has 3 rings (SSSR count). The van der Waals surface area contributed by atoms with Crippen LogP contribution in [0.2, 0.25) is 5.02 Å². The van der Waals surface area contributed by atoms with Gasteiger partial charge in [-0.15, -0.1) is 0 Å². The molecular weight excluding hydrogens is 317 g/mol. The van der Waals surface area contributed by atoms with Crippen molar-refractivity contribution in [2.75, 3.05) is 12.4 Å². The van der Waals surface area contributed by atoms with Crippen LogP contribution in [0.5, 0.6) is 11.5 Å². The quantitative estimate of drug-likeness (QED) is 0.776. The van der Waals surface area contributed by atoms with E-state index in [9.17, 15) is 4.39 Å². The molecule has 0 saturated heterocycles. The monoisotopic (exact) mass is 335 g/mol. The van der Waals surface area contributed by atoms with E-state index < -0.39 is 5.82 Å². The summed E-state index contributed by atoms with van der Waals surface area (Å²) in [6, 6.07) is 10.2. The summed E-state index contributed by atoms with van der Waals surface area (Å²) in [5.74, 6) is 0.955. The molecule has 5 heteroatoms. The van der Waals surface area contributed by atoms with Crippen molar-refractivity contribution in [2.24, 2.45) is 0 Å². The van der Waals surface area contributed by atoms with Crippen LogP contribution in [0.3, 0.4) is 0 Å². The molecule has 0 amide bonds. The normalized spacial score (nSPS) is 14.7. The molecule has 0 spiro atoms. The van der Waals surface area contributed by atoms with Crippen LogP contribution in [0, 0.1) is 5.82 Å². The number of anilines is 2. The standard InChI is InChI=1S/C18H19ClFNO2/c1-22-17-9-7-13(11-18(17)23-14-4-2-3-5-14)21-12-6-8-15(19)16(20)10-12/h6-11,14,21H,2-5H2,1H3. The molecule has 0 atom stereocenters. The molecule has 0 aromatic heterocycles. The maximum Gasteiger partial charge on any atom is 0.163 e. The van der Waals surface area contributed by atoms with E-state index in [4.69, 9.17) is 21.1 Å². The van der Waals surface area contributed by atoms with Gasteiger partial charge in [0.05, 0.1) is 18.2 Å². The first-order chi connectivity index (χ1) is 11.2. The second kappa shape index (κ2) is 7.09. The Kier molecular flexibility index (Phi) is 4.91. The molecule has 3 nitrogen and oxygen atoms in total. The lowest BCUT2D eigenvalue weighted by Gasteiger charge is -2.17. The minimum absolute atomic E-state index is 0.107. The summed E-state index contributed by atoms with van der Waals surface area (Å²) < 4.78 is 25.0. The van der Waals surface area contributed by atoms with Crippen molar-refractivity contribution >= 4 is 23.0 Å². The van der Waals surface area contributed by atoms with Gasteiger partial charge < -0.3 is 14.8 Å². The van der Waals surface area contributed by atoms with E-state index in [-0.39, 0.29) is 11.1 Å². The van der Waals surface area contributed by atoms with E-state index in [1.54, 1.807) is 13.2 Å². The van der Waals surface area contributed by atoms with Crippen LogP contribution >= 0.6 is 11.6 Å². The van der Waals surface area contributed by atoms with Crippen LogP contribution in [0.25, 0.3) is 0 Å². The van der Waals surface area contributed by atoms with Crippen LogP contribution < -0.4 is 14.8 Å². The van der Waals surface area contributed by atoms with Crippen LogP contribution in [0.4, 0.5) is 15.8 Å². The van der Waals surface area contributed by atoms with Gasteiger partial charge in [0.15, 0.2) is 11.5 Å². The summed E-state index contributed by atoms with van der Waals surface area (Å²) in [6.07, 6.45) is 4.79. The van der Waals surface area contributed by atoms with E-state index in [1.165, 1.54) is 25.0 Å². The topological polar surface area (TPSA) is 30.5 Å². The van der Waals surface area contributed by atoms with Crippen molar-refractivity contribution in [1.82, 2.24) is 0 Å². The molecule has 2 aromatic rings. The highest BCUT2D eigenvalue weighted by Crippen LogP contribution is 2.35. The molecule has 1 saturated carbocycles.